The third-order valence-corrected chi connectivity index (χ3v) is 4.65. The van der Waals surface area contributed by atoms with Gasteiger partial charge in [-0.15, -0.1) is 11.3 Å². The summed E-state index contributed by atoms with van der Waals surface area (Å²) >= 11 is 0.954. The molecule has 6 nitrogen and oxygen atoms in total. The normalized spacial score (nSPS) is 10.9. The number of aromatic nitrogens is 2. The highest BCUT2D eigenvalue weighted by Crippen LogP contribution is 2.26. The van der Waals surface area contributed by atoms with Crippen molar-refractivity contribution in [1.82, 2.24) is 9.66 Å². The smallest absolute Gasteiger partial charge is 0.346 e. The lowest BCUT2D eigenvalue weighted by molar-refractivity contribution is 0.0701. The maximum Gasteiger partial charge on any atom is 0.346 e. The van der Waals surface area contributed by atoms with Crippen LogP contribution in [0.3, 0.4) is 0 Å². The minimum absolute atomic E-state index is 0.0868. The molecule has 0 radical (unpaired) electrons. The van der Waals surface area contributed by atoms with Gasteiger partial charge in [0.05, 0.1) is 11.1 Å². The molecule has 1 aromatic carbocycles. The first-order chi connectivity index (χ1) is 10.9. The fraction of sp³-hybridized carbons (Fsp3) is 0.133. The first-order valence-corrected chi connectivity index (χ1v) is 7.47. The number of nitrogens with one attached hydrogen (secondary N) is 1. The number of hydrogen-bond donors (Lipinski definition) is 2. The number of rotatable bonds is 3. The highest BCUT2D eigenvalue weighted by Gasteiger charge is 2.18. The molecule has 0 fully saturated rings. The lowest BCUT2D eigenvalue weighted by Gasteiger charge is -2.09. The van der Waals surface area contributed by atoms with Crippen molar-refractivity contribution in [3.63, 3.8) is 0 Å². The van der Waals surface area contributed by atoms with E-state index in [1.165, 1.54) is 12.4 Å². The van der Waals surface area contributed by atoms with Crippen molar-refractivity contribution in [3.05, 3.63) is 56.7 Å². The molecule has 0 aliphatic heterocycles. The highest BCUT2D eigenvalue weighted by atomic mass is 32.1. The van der Waals surface area contributed by atoms with Crippen molar-refractivity contribution in [2.45, 2.75) is 13.8 Å². The van der Waals surface area contributed by atoms with E-state index in [9.17, 15) is 14.0 Å². The van der Waals surface area contributed by atoms with Crippen LogP contribution in [0.5, 0.6) is 0 Å². The van der Waals surface area contributed by atoms with Crippen LogP contribution in [-0.4, -0.2) is 20.7 Å². The SMILES string of the molecule is Cc1ccc(Nn2cnc3sc(C(=O)O)c(C)c3c2=O)cc1F. The lowest BCUT2D eigenvalue weighted by Crippen LogP contribution is -2.26. The van der Waals surface area contributed by atoms with E-state index in [1.54, 1.807) is 26.0 Å². The van der Waals surface area contributed by atoms with Gasteiger partial charge < -0.3 is 5.11 Å². The lowest BCUT2D eigenvalue weighted by atomic mass is 10.2. The number of benzene rings is 1. The van der Waals surface area contributed by atoms with Crippen molar-refractivity contribution in [3.8, 4) is 0 Å². The van der Waals surface area contributed by atoms with Crippen LogP contribution >= 0.6 is 11.3 Å². The van der Waals surface area contributed by atoms with E-state index in [1.807, 2.05) is 0 Å². The maximum atomic E-state index is 13.6. The van der Waals surface area contributed by atoms with E-state index in [-0.39, 0.29) is 10.3 Å². The number of hydrogen-bond acceptors (Lipinski definition) is 5. The summed E-state index contributed by atoms with van der Waals surface area (Å²) in [5, 5.41) is 9.38. The molecule has 0 saturated heterocycles. The largest absolute Gasteiger partial charge is 0.477 e. The Morgan fingerprint density at radius 2 is 2.13 bits per heavy atom. The Hall–Kier alpha value is -2.74. The van der Waals surface area contributed by atoms with Crippen molar-refractivity contribution < 1.29 is 14.3 Å². The van der Waals surface area contributed by atoms with Crippen LogP contribution in [-0.2, 0) is 0 Å². The van der Waals surface area contributed by atoms with Crippen LogP contribution in [0.2, 0.25) is 0 Å². The summed E-state index contributed by atoms with van der Waals surface area (Å²) in [4.78, 5) is 28.2. The number of carboxylic acid groups (broad SMARTS) is 1. The monoisotopic (exact) mass is 333 g/mol. The van der Waals surface area contributed by atoms with Crippen molar-refractivity contribution in [1.29, 1.82) is 0 Å². The van der Waals surface area contributed by atoms with Crippen molar-refractivity contribution in [2.24, 2.45) is 0 Å². The molecule has 0 unspecified atom stereocenters. The Balaban J connectivity index is 2.10. The van der Waals surface area contributed by atoms with E-state index in [2.05, 4.69) is 10.4 Å². The van der Waals surface area contributed by atoms with E-state index in [0.29, 0.717) is 21.6 Å². The second-order valence-corrected chi connectivity index (χ2v) is 6.04. The predicted octanol–water partition coefficient (Wildman–Crippen LogP) is 2.79. The molecule has 3 rings (SSSR count). The molecule has 0 atom stereocenters. The first kappa shape index (κ1) is 15.2. The molecule has 2 heterocycles. The van der Waals surface area contributed by atoms with E-state index in [4.69, 9.17) is 5.11 Å². The van der Waals surface area contributed by atoms with Gasteiger partial charge in [-0.2, -0.15) is 0 Å². The van der Waals surface area contributed by atoms with E-state index in [0.717, 1.165) is 16.0 Å². The van der Waals surface area contributed by atoms with Crippen LogP contribution in [0, 0.1) is 19.7 Å². The number of anilines is 1. The van der Waals surface area contributed by atoms with Crippen LogP contribution < -0.4 is 11.0 Å². The third kappa shape index (κ3) is 2.57. The summed E-state index contributed by atoms with van der Waals surface area (Å²) < 4.78 is 14.7. The van der Waals surface area contributed by atoms with Gasteiger partial charge in [0, 0.05) is 0 Å². The van der Waals surface area contributed by atoms with Gasteiger partial charge in [-0.25, -0.2) is 18.8 Å². The van der Waals surface area contributed by atoms with Gasteiger partial charge in [-0.3, -0.25) is 10.2 Å². The predicted molar refractivity (Wildman–Crippen MR) is 85.7 cm³/mol. The Labute approximate surface area is 133 Å². The Bertz CT molecular complexity index is 994. The van der Waals surface area contributed by atoms with Crippen LogP contribution in [0.25, 0.3) is 10.2 Å². The van der Waals surface area contributed by atoms with Gasteiger partial charge in [-0.1, -0.05) is 6.07 Å². The molecule has 8 heteroatoms. The summed E-state index contributed by atoms with van der Waals surface area (Å²) in [6.45, 7) is 3.21. The molecule has 118 valence electrons. The number of aryl methyl sites for hydroxylation is 2. The molecule has 3 aromatic rings. The minimum Gasteiger partial charge on any atom is -0.477 e. The number of fused-ring (bicyclic) bond motifs is 1. The molecular weight excluding hydrogens is 321 g/mol. The van der Waals surface area contributed by atoms with Crippen LogP contribution in [0.1, 0.15) is 20.8 Å². The second kappa shape index (κ2) is 5.47. The zero-order valence-corrected chi connectivity index (χ0v) is 13.1. The van der Waals surface area contributed by atoms with E-state index < -0.39 is 17.3 Å². The van der Waals surface area contributed by atoms with Gasteiger partial charge in [0.2, 0.25) is 0 Å². The number of halogens is 1. The van der Waals surface area contributed by atoms with E-state index >= 15 is 0 Å². The van der Waals surface area contributed by atoms with Gasteiger partial charge in [0.1, 0.15) is 21.9 Å². The average Bonchev–Trinajstić information content (AvgIpc) is 2.84. The summed E-state index contributed by atoms with van der Waals surface area (Å²) in [6.07, 6.45) is 1.25. The first-order valence-electron chi connectivity index (χ1n) is 6.65. The summed E-state index contributed by atoms with van der Waals surface area (Å²) in [5.74, 6) is -1.48. The van der Waals surface area contributed by atoms with Gasteiger partial charge >= 0.3 is 5.97 Å². The van der Waals surface area contributed by atoms with Crippen molar-refractivity contribution in [2.75, 3.05) is 5.43 Å². The fourth-order valence-corrected chi connectivity index (χ4v) is 3.19. The molecular formula is C15H12FN3O3S. The Kier molecular flexibility index (Phi) is 3.61. The number of aromatic carboxylic acids is 1. The topological polar surface area (TPSA) is 84.2 Å². The quantitative estimate of drug-likeness (QED) is 0.770. The van der Waals surface area contributed by atoms with Gasteiger partial charge in [0.15, 0.2) is 0 Å². The Morgan fingerprint density at radius 3 is 2.78 bits per heavy atom. The highest BCUT2D eigenvalue weighted by molar-refractivity contribution is 7.20. The second-order valence-electron chi connectivity index (χ2n) is 5.04. The van der Waals surface area contributed by atoms with Crippen LogP contribution in [0.15, 0.2) is 29.3 Å². The zero-order valence-electron chi connectivity index (χ0n) is 12.3. The number of carbonyl (C=O) groups is 1. The third-order valence-electron chi connectivity index (χ3n) is 3.47. The van der Waals surface area contributed by atoms with Crippen LogP contribution in [0.4, 0.5) is 10.1 Å². The summed E-state index contributed by atoms with van der Waals surface area (Å²) in [5.41, 5.74) is 3.59. The number of carboxylic acids is 1. The summed E-state index contributed by atoms with van der Waals surface area (Å²) in [7, 11) is 0. The molecule has 2 aromatic heterocycles. The molecule has 0 bridgehead atoms. The average molecular weight is 333 g/mol. The minimum atomic E-state index is -1.09. The number of thiophene rings is 1. The van der Waals surface area contributed by atoms with Gasteiger partial charge in [-0.05, 0) is 37.1 Å². The van der Waals surface area contributed by atoms with Gasteiger partial charge in [0.25, 0.3) is 5.56 Å². The molecule has 23 heavy (non-hydrogen) atoms. The fourth-order valence-electron chi connectivity index (χ4n) is 2.21. The Morgan fingerprint density at radius 1 is 1.39 bits per heavy atom. The number of nitrogens with zero attached hydrogens (tertiary/aromatic N) is 2. The molecule has 0 saturated carbocycles. The maximum absolute atomic E-state index is 13.6. The molecule has 0 aliphatic carbocycles. The molecule has 0 amide bonds. The van der Waals surface area contributed by atoms with Crippen molar-refractivity contribution >= 4 is 33.2 Å². The molecule has 2 N–H and O–H groups in total. The standard InChI is InChI=1S/C15H12FN3O3S/c1-7-3-4-9(5-10(7)16)18-19-6-17-13-11(14(19)20)8(2)12(23-13)15(21)22/h3-6,18H,1-2H3,(H,21,22). The summed E-state index contributed by atoms with van der Waals surface area (Å²) in [6, 6.07) is 4.50. The molecule has 0 aliphatic rings. The zero-order chi connectivity index (χ0) is 16.7. The molecule has 0 spiro atoms.